The summed E-state index contributed by atoms with van der Waals surface area (Å²) in [5, 5.41) is 5.19. The molecule has 2 aromatic rings. The highest BCUT2D eigenvalue weighted by molar-refractivity contribution is 9.10. The van der Waals surface area contributed by atoms with Gasteiger partial charge >= 0.3 is 6.61 Å². The fourth-order valence-electron chi connectivity index (χ4n) is 1.70. The van der Waals surface area contributed by atoms with Crippen molar-refractivity contribution in [2.75, 3.05) is 6.54 Å². The van der Waals surface area contributed by atoms with Crippen molar-refractivity contribution in [2.24, 2.45) is 0 Å². The van der Waals surface area contributed by atoms with Crippen LogP contribution in [-0.4, -0.2) is 18.1 Å². The Morgan fingerprint density at radius 1 is 1.40 bits per heavy atom. The maximum absolute atomic E-state index is 12.3. The first-order valence-corrected chi connectivity index (χ1v) is 7.70. The molecule has 1 heterocycles. The summed E-state index contributed by atoms with van der Waals surface area (Å²) >= 11 is 4.88. The van der Waals surface area contributed by atoms with Gasteiger partial charge in [-0.25, -0.2) is 4.98 Å². The summed E-state index contributed by atoms with van der Waals surface area (Å²) in [6.45, 7) is -1.62. The quantitative estimate of drug-likeness (QED) is 0.759. The SMILES string of the molecule is FC(F)Oc1ccc(Br)cc1CNCCc1cscn1. The Labute approximate surface area is 128 Å². The van der Waals surface area contributed by atoms with Crippen LogP contribution in [0.1, 0.15) is 11.3 Å². The van der Waals surface area contributed by atoms with E-state index >= 15 is 0 Å². The summed E-state index contributed by atoms with van der Waals surface area (Å²) < 4.78 is 30.0. The number of aromatic nitrogens is 1. The van der Waals surface area contributed by atoms with E-state index in [9.17, 15) is 8.78 Å². The third kappa shape index (κ3) is 4.81. The molecule has 0 saturated heterocycles. The van der Waals surface area contributed by atoms with E-state index in [1.807, 2.05) is 5.38 Å². The number of rotatable bonds is 7. The monoisotopic (exact) mass is 362 g/mol. The molecule has 1 aromatic heterocycles. The Morgan fingerprint density at radius 3 is 2.95 bits per heavy atom. The van der Waals surface area contributed by atoms with E-state index in [0.717, 1.165) is 23.1 Å². The Bertz CT molecular complexity index is 537. The average molecular weight is 363 g/mol. The molecule has 2 rings (SSSR count). The number of ether oxygens (including phenoxy) is 1. The van der Waals surface area contributed by atoms with Crippen LogP contribution < -0.4 is 10.1 Å². The number of benzene rings is 1. The van der Waals surface area contributed by atoms with Gasteiger partial charge in [0.05, 0.1) is 11.2 Å². The van der Waals surface area contributed by atoms with Gasteiger partial charge in [-0.3, -0.25) is 0 Å². The molecule has 3 nitrogen and oxygen atoms in total. The number of alkyl halides is 2. The van der Waals surface area contributed by atoms with Crippen molar-refractivity contribution in [3.8, 4) is 5.75 Å². The number of nitrogens with zero attached hydrogens (tertiary/aromatic N) is 1. The third-order valence-electron chi connectivity index (χ3n) is 2.60. The summed E-state index contributed by atoms with van der Waals surface area (Å²) in [5.74, 6) is 0.198. The first-order valence-electron chi connectivity index (χ1n) is 5.96. The fourth-order valence-corrected chi connectivity index (χ4v) is 2.70. The second-order valence-electron chi connectivity index (χ2n) is 4.04. The second-order valence-corrected chi connectivity index (χ2v) is 5.67. The van der Waals surface area contributed by atoms with E-state index in [-0.39, 0.29) is 5.75 Å². The largest absolute Gasteiger partial charge is 0.434 e. The van der Waals surface area contributed by atoms with Crippen LogP contribution in [0.3, 0.4) is 0 Å². The molecule has 0 unspecified atom stereocenters. The normalized spacial score (nSPS) is 11.0. The van der Waals surface area contributed by atoms with Crippen molar-refractivity contribution < 1.29 is 13.5 Å². The van der Waals surface area contributed by atoms with Crippen molar-refractivity contribution in [1.82, 2.24) is 10.3 Å². The molecule has 7 heteroatoms. The molecular formula is C13H13BrF2N2OS. The van der Waals surface area contributed by atoms with E-state index in [1.165, 1.54) is 6.07 Å². The van der Waals surface area contributed by atoms with Crippen LogP contribution in [0, 0.1) is 0 Å². The molecule has 0 bridgehead atoms. The standard InChI is InChI=1S/C13H13BrF2N2OS/c14-10-1-2-12(19-13(15)16)9(5-10)6-17-4-3-11-7-20-8-18-11/h1-2,5,7-8,13,17H,3-4,6H2. The third-order valence-corrected chi connectivity index (χ3v) is 3.72. The zero-order chi connectivity index (χ0) is 14.4. The van der Waals surface area contributed by atoms with Crippen molar-refractivity contribution >= 4 is 27.3 Å². The molecule has 0 saturated carbocycles. The van der Waals surface area contributed by atoms with E-state index in [2.05, 4.69) is 31.0 Å². The first kappa shape index (κ1) is 15.3. The average Bonchev–Trinajstić information content (AvgIpc) is 2.90. The lowest BCUT2D eigenvalue weighted by atomic mass is 10.2. The van der Waals surface area contributed by atoms with E-state index in [0.29, 0.717) is 12.1 Å². The zero-order valence-corrected chi connectivity index (χ0v) is 12.9. The van der Waals surface area contributed by atoms with Crippen molar-refractivity contribution in [2.45, 2.75) is 19.6 Å². The lowest BCUT2D eigenvalue weighted by molar-refractivity contribution is -0.0505. The van der Waals surface area contributed by atoms with Crippen LogP contribution in [0.4, 0.5) is 8.78 Å². The molecule has 0 amide bonds. The van der Waals surface area contributed by atoms with Crippen molar-refractivity contribution in [1.29, 1.82) is 0 Å². The Hall–Kier alpha value is -1.05. The van der Waals surface area contributed by atoms with Crippen molar-refractivity contribution in [3.05, 3.63) is 44.8 Å². The van der Waals surface area contributed by atoms with E-state index in [1.54, 1.807) is 29.0 Å². The molecule has 0 fully saturated rings. The lowest BCUT2D eigenvalue weighted by Gasteiger charge is -2.11. The minimum atomic E-state index is -2.81. The van der Waals surface area contributed by atoms with Gasteiger partial charge in [0.15, 0.2) is 0 Å². The van der Waals surface area contributed by atoms with Gasteiger partial charge < -0.3 is 10.1 Å². The van der Waals surface area contributed by atoms with Crippen molar-refractivity contribution in [3.63, 3.8) is 0 Å². The van der Waals surface area contributed by atoms with Crippen LogP contribution in [-0.2, 0) is 13.0 Å². The van der Waals surface area contributed by atoms with Gasteiger partial charge in [0.25, 0.3) is 0 Å². The lowest BCUT2D eigenvalue weighted by Crippen LogP contribution is -2.18. The molecule has 0 aliphatic carbocycles. The highest BCUT2D eigenvalue weighted by Gasteiger charge is 2.10. The molecule has 1 N–H and O–H groups in total. The van der Waals surface area contributed by atoms with E-state index in [4.69, 9.17) is 0 Å². The smallest absolute Gasteiger partial charge is 0.387 e. The minimum Gasteiger partial charge on any atom is -0.434 e. The molecular weight excluding hydrogens is 350 g/mol. The number of hydrogen-bond donors (Lipinski definition) is 1. The van der Waals surface area contributed by atoms with Gasteiger partial charge in [-0.1, -0.05) is 15.9 Å². The predicted octanol–water partition coefficient (Wildman–Crippen LogP) is 3.84. The van der Waals surface area contributed by atoms with Gasteiger partial charge in [-0.15, -0.1) is 11.3 Å². The Morgan fingerprint density at radius 2 is 2.25 bits per heavy atom. The summed E-state index contributed by atoms with van der Waals surface area (Å²) in [4.78, 5) is 4.18. The zero-order valence-electron chi connectivity index (χ0n) is 10.5. The minimum absolute atomic E-state index is 0.198. The molecule has 108 valence electrons. The number of nitrogens with one attached hydrogen (secondary N) is 1. The van der Waals surface area contributed by atoms with Gasteiger partial charge in [-0.05, 0) is 18.2 Å². The van der Waals surface area contributed by atoms with Gasteiger partial charge in [0.2, 0.25) is 0 Å². The van der Waals surface area contributed by atoms with Crippen LogP contribution in [0.25, 0.3) is 0 Å². The molecule has 0 spiro atoms. The Kier molecular flexibility index (Phi) is 5.87. The summed E-state index contributed by atoms with van der Waals surface area (Å²) in [6.07, 6.45) is 0.808. The highest BCUT2D eigenvalue weighted by Crippen LogP contribution is 2.24. The maximum Gasteiger partial charge on any atom is 0.387 e. The summed E-state index contributed by atoms with van der Waals surface area (Å²) in [7, 11) is 0. The van der Waals surface area contributed by atoms with Crippen LogP contribution in [0.15, 0.2) is 33.6 Å². The van der Waals surface area contributed by atoms with Crippen LogP contribution in [0.2, 0.25) is 0 Å². The highest BCUT2D eigenvalue weighted by atomic mass is 79.9. The Balaban J connectivity index is 1.88. The number of thiazole rings is 1. The molecule has 0 aliphatic heterocycles. The summed E-state index contributed by atoms with van der Waals surface area (Å²) in [6, 6.07) is 4.98. The maximum atomic E-state index is 12.3. The van der Waals surface area contributed by atoms with Gasteiger partial charge in [-0.2, -0.15) is 8.78 Å². The summed E-state index contributed by atoms with van der Waals surface area (Å²) in [5.41, 5.74) is 3.51. The number of hydrogen-bond acceptors (Lipinski definition) is 4. The molecule has 0 aliphatic rings. The topological polar surface area (TPSA) is 34.1 Å². The molecule has 0 radical (unpaired) electrons. The van der Waals surface area contributed by atoms with E-state index < -0.39 is 6.61 Å². The molecule has 0 atom stereocenters. The second kappa shape index (κ2) is 7.66. The fraction of sp³-hybridized carbons (Fsp3) is 0.308. The molecule has 20 heavy (non-hydrogen) atoms. The van der Waals surface area contributed by atoms with Gasteiger partial charge in [0.1, 0.15) is 5.75 Å². The predicted molar refractivity (Wildman–Crippen MR) is 78.3 cm³/mol. The molecule has 1 aromatic carbocycles. The van der Waals surface area contributed by atoms with Crippen LogP contribution >= 0.6 is 27.3 Å². The first-order chi connectivity index (χ1) is 9.65. The van der Waals surface area contributed by atoms with Gasteiger partial charge in [0, 0.05) is 34.9 Å². The number of halogens is 3. The van der Waals surface area contributed by atoms with Crippen LogP contribution in [0.5, 0.6) is 5.75 Å².